The molecular formula is C43H47N7O4. The van der Waals surface area contributed by atoms with Crippen LogP contribution in [0.25, 0.3) is 33.6 Å². The van der Waals surface area contributed by atoms with E-state index in [9.17, 15) is 14.4 Å². The van der Waals surface area contributed by atoms with Gasteiger partial charge in [0.2, 0.25) is 11.8 Å². The van der Waals surface area contributed by atoms with Crippen molar-refractivity contribution >= 4 is 23.6 Å². The van der Waals surface area contributed by atoms with Gasteiger partial charge in [-0.3, -0.25) is 9.59 Å². The van der Waals surface area contributed by atoms with Crippen molar-refractivity contribution in [2.24, 2.45) is 23.7 Å². The van der Waals surface area contributed by atoms with Crippen molar-refractivity contribution in [1.29, 1.82) is 0 Å². The Hall–Kier alpha value is -5.71. The highest BCUT2D eigenvalue weighted by molar-refractivity contribution is 5.93. The molecule has 1 aliphatic heterocycles. The molecule has 2 saturated carbocycles. The Balaban J connectivity index is 0.929. The number of fused-ring (bicyclic) bond motifs is 2. The summed E-state index contributed by atoms with van der Waals surface area (Å²) in [6.45, 7) is 4.43. The third-order valence-corrected chi connectivity index (χ3v) is 11.7. The number of aromatic nitrogens is 4. The molecule has 5 aromatic rings. The molecule has 11 nitrogen and oxygen atoms in total. The second kappa shape index (κ2) is 15.0. The molecule has 4 N–H and O–H groups in total. The van der Waals surface area contributed by atoms with Crippen LogP contribution in [0, 0.1) is 23.7 Å². The quantitative estimate of drug-likeness (QED) is 0.115. The third kappa shape index (κ3) is 6.90. The van der Waals surface area contributed by atoms with E-state index in [-0.39, 0.29) is 35.6 Å². The van der Waals surface area contributed by atoms with Crippen molar-refractivity contribution in [1.82, 2.24) is 30.2 Å². The molecule has 6 atom stereocenters. The van der Waals surface area contributed by atoms with Gasteiger partial charge in [0.25, 0.3) is 0 Å². The van der Waals surface area contributed by atoms with Gasteiger partial charge in [0.05, 0.1) is 42.9 Å². The molecule has 2 unspecified atom stereocenters. The number of carbonyl (C=O) groups is 3. The maximum absolute atomic E-state index is 13.5. The van der Waals surface area contributed by atoms with Crippen LogP contribution < -0.4 is 10.6 Å². The summed E-state index contributed by atoms with van der Waals surface area (Å²) in [5.74, 6) is 2.41. The summed E-state index contributed by atoms with van der Waals surface area (Å²) < 4.78 is 4.76. The van der Waals surface area contributed by atoms with Crippen LogP contribution in [0.15, 0.2) is 91.3 Å². The Morgan fingerprint density at radius 1 is 0.778 bits per heavy atom. The molecule has 2 aliphatic carbocycles. The van der Waals surface area contributed by atoms with Gasteiger partial charge in [0, 0.05) is 18.2 Å². The Kier molecular flexibility index (Phi) is 9.79. The molecule has 3 aromatic carbocycles. The number of hydrogen-bond acceptors (Lipinski definition) is 6. The fraction of sp³-hybridized carbons (Fsp3) is 0.372. The van der Waals surface area contributed by atoms with Gasteiger partial charge < -0.3 is 30.2 Å². The van der Waals surface area contributed by atoms with Crippen LogP contribution in [0.2, 0.25) is 0 Å². The van der Waals surface area contributed by atoms with Crippen molar-refractivity contribution in [3.05, 3.63) is 103 Å². The van der Waals surface area contributed by atoms with Crippen molar-refractivity contribution in [2.45, 2.75) is 64.0 Å². The van der Waals surface area contributed by atoms with Crippen molar-refractivity contribution < 1.29 is 19.1 Å². The van der Waals surface area contributed by atoms with Gasteiger partial charge in [-0.05, 0) is 84.2 Å². The number of methoxy groups -OCH3 is 1. The number of hydrogen-bond donors (Lipinski definition) is 4. The summed E-state index contributed by atoms with van der Waals surface area (Å²) in [6.07, 6.45) is 8.09. The zero-order valence-corrected chi connectivity index (χ0v) is 30.9. The number of aromatic amines is 2. The lowest BCUT2D eigenvalue weighted by Gasteiger charge is -2.30. The van der Waals surface area contributed by atoms with E-state index in [1.54, 1.807) is 0 Å². The minimum Gasteiger partial charge on any atom is -0.453 e. The highest BCUT2D eigenvalue weighted by atomic mass is 16.5. The van der Waals surface area contributed by atoms with E-state index in [0.29, 0.717) is 18.4 Å². The number of rotatable bonds is 10. The number of alkyl carbamates (subject to hydrolysis) is 1. The van der Waals surface area contributed by atoms with Crippen LogP contribution >= 0.6 is 0 Å². The number of ether oxygens (including phenoxy) is 1. The molecule has 0 radical (unpaired) electrons. The van der Waals surface area contributed by atoms with E-state index < -0.39 is 12.1 Å². The molecule has 1 saturated heterocycles. The minimum atomic E-state index is -0.675. The average Bonchev–Trinajstić information content (AvgIpc) is 4.05. The van der Waals surface area contributed by atoms with Crippen molar-refractivity contribution in [3.8, 4) is 33.6 Å². The molecule has 8 rings (SSSR count). The largest absolute Gasteiger partial charge is 0.453 e. The molecule has 54 heavy (non-hydrogen) atoms. The number of likely N-dealkylation sites (tertiary alicyclic amines) is 1. The number of imidazole rings is 2. The number of benzene rings is 3. The Morgan fingerprint density at radius 3 is 2.00 bits per heavy atom. The fourth-order valence-corrected chi connectivity index (χ4v) is 8.99. The first kappa shape index (κ1) is 35.3. The first-order chi connectivity index (χ1) is 26.3. The van der Waals surface area contributed by atoms with Gasteiger partial charge in [-0.15, -0.1) is 0 Å². The number of amides is 3. The summed E-state index contributed by atoms with van der Waals surface area (Å²) in [5.41, 5.74) is 6.91. The van der Waals surface area contributed by atoms with Crippen LogP contribution in [0.5, 0.6) is 0 Å². The summed E-state index contributed by atoms with van der Waals surface area (Å²) in [4.78, 5) is 57.4. The predicted molar refractivity (Wildman–Crippen MR) is 207 cm³/mol. The number of nitrogens with zero attached hydrogens (tertiary/aromatic N) is 3. The van der Waals surface area contributed by atoms with Crippen LogP contribution in [0.1, 0.15) is 69.6 Å². The molecule has 3 aliphatic rings. The Morgan fingerprint density at radius 2 is 1.37 bits per heavy atom. The third-order valence-electron chi connectivity index (χ3n) is 11.7. The van der Waals surface area contributed by atoms with Gasteiger partial charge in [0.1, 0.15) is 17.7 Å². The molecule has 278 valence electrons. The lowest BCUT2D eigenvalue weighted by molar-refractivity contribution is -0.135. The van der Waals surface area contributed by atoms with E-state index >= 15 is 0 Å². The zero-order chi connectivity index (χ0) is 37.3. The van der Waals surface area contributed by atoms with E-state index in [2.05, 4.69) is 74.1 Å². The molecule has 2 bridgehead atoms. The van der Waals surface area contributed by atoms with E-state index in [1.807, 2.05) is 61.5 Å². The van der Waals surface area contributed by atoms with Crippen molar-refractivity contribution in [2.75, 3.05) is 19.0 Å². The van der Waals surface area contributed by atoms with Crippen LogP contribution in [0.4, 0.5) is 10.5 Å². The molecule has 11 heteroatoms. The number of carbonyl (C=O) groups excluding carboxylic acids is 3. The van der Waals surface area contributed by atoms with Gasteiger partial charge >= 0.3 is 6.09 Å². The lowest BCUT2D eigenvalue weighted by Crippen LogP contribution is -2.51. The summed E-state index contributed by atoms with van der Waals surface area (Å²) in [7, 11) is 1.30. The topological polar surface area (TPSA) is 145 Å². The van der Waals surface area contributed by atoms with Crippen LogP contribution in [-0.4, -0.2) is 62.4 Å². The molecule has 3 amide bonds. The SMILES string of the molecule is COC(=O)N[C@H](C(=O)N1CCC[C@H]1c1ncc(-c2ccc(-c3ccc(-c4cnc([C@H]5C6CCC(C6)[C@H]5C(=O)Nc5ccccc5)[nH]4)cc3)cc2)[nH]1)C(C)C. The van der Waals surface area contributed by atoms with Gasteiger partial charge in [-0.1, -0.05) is 80.6 Å². The Labute approximate surface area is 315 Å². The minimum absolute atomic E-state index is 0.0809. The normalized spacial score (nSPS) is 22.4. The molecule has 2 aromatic heterocycles. The monoisotopic (exact) mass is 725 g/mol. The zero-order valence-electron chi connectivity index (χ0n) is 30.9. The van der Waals surface area contributed by atoms with Gasteiger partial charge in [-0.25, -0.2) is 14.8 Å². The maximum atomic E-state index is 13.5. The number of anilines is 1. The molecule has 0 spiro atoms. The smallest absolute Gasteiger partial charge is 0.407 e. The number of para-hydroxylation sites is 1. The maximum Gasteiger partial charge on any atom is 0.407 e. The van der Waals surface area contributed by atoms with Gasteiger partial charge in [-0.2, -0.15) is 0 Å². The first-order valence-corrected chi connectivity index (χ1v) is 19.1. The molecule has 3 heterocycles. The number of nitrogens with one attached hydrogen (secondary N) is 4. The highest BCUT2D eigenvalue weighted by Crippen LogP contribution is 2.56. The van der Waals surface area contributed by atoms with Crippen molar-refractivity contribution in [3.63, 3.8) is 0 Å². The molecular weight excluding hydrogens is 679 g/mol. The molecule has 3 fully saturated rings. The standard InChI is InChI=1S/C43H47N7O4/c1-25(2)38(49-43(53)54-3)42(52)50-21-7-10-35(50)39-44-23-33(47-39)28-15-11-26(12-16-28)27-13-17-29(18-14-27)34-24-45-40(48-34)36-30-19-20-31(22-30)37(36)41(51)46-32-8-5-4-6-9-32/h4-6,8-9,11-18,23-25,30-31,35-38H,7,10,19-22H2,1-3H3,(H,44,47)(H,45,48)(H,46,51)(H,49,53)/t30?,31?,35-,36-,37+,38-/m0/s1. The van der Waals surface area contributed by atoms with Crippen LogP contribution in [0.3, 0.4) is 0 Å². The van der Waals surface area contributed by atoms with Crippen LogP contribution in [-0.2, 0) is 14.3 Å². The Bertz CT molecular complexity index is 2110. The predicted octanol–water partition coefficient (Wildman–Crippen LogP) is 7.95. The van der Waals surface area contributed by atoms with E-state index in [0.717, 1.165) is 83.1 Å². The summed E-state index contributed by atoms with van der Waals surface area (Å²) >= 11 is 0. The lowest BCUT2D eigenvalue weighted by atomic mass is 9.78. The summed E-state index contributed by atoms with van der Waals surface area (Å²) in [5, 5.41) is 5.86. The van der Waals surface area contributed by atoms with E-state index in [1.165, 1.54) is 7.11 Å². The summed E-state index contributed by atoms with van der Waals surface area (Å²) in [6, 6.07) is 25.7. The average molecular weight is 726 g/mol. The highest BCUT2D eigenvalue weighted by Gasteiger charge is 2.52. The first-order valence-electron chi connectivity index (χ1n) is 19.1. The van der Waals surface area contributed by atoms with E-state index in [4.69, 9.17) is 9.72 Å². The second-order valence-electron chi connectivity index (χ2n) is 15.3. The van der Waals surface area contributed by atoms with Gasteiger partial charge in [0.15, 0.2) is 0 Å². The fourth-order valence-electron chi connectivity index (χ4n) is 8.99. The number of H-pyrrole nitrogens is 2. The second-order valence-corrected chi connectivity index (χ2v) is 15.3.